The number of ether oxygens (including phenoxy) is 3. The van der Waals surface area contributed by atoms with Crippen LogP contribution in [0.5, 0.6) is 17.2 Å². The summed E-state index contributed by atoms with van der Waals surface area (Å²) in [5.41, 5.74) is 3.50. The molecule has 0 atom stereocenters. The molecule has 2 N–H and O–H groups in total. The first-order valence-electron chi connectivity index (χ1n) is 12.5. The fourth-order valence-corrected chi connectivity index (χ4v) is 4.93. The number of hydrogen-bond donors (Lipinski definition) is 2. The van der Waals surface area contributed by atoms with Crippen molar-refractivity contribution in [2.45, 2.75) is 13.8 Å². The third kappa shape index (κ3) is 7.06. The summed E-state index contributed by atoms with van der Waals surface area (Å²) < 4.78 is 16.3. The minimum absolute atomic E-state index is 0.168. The quantitative estimate of drug-likeness (QED) is 0.324. The summed E-state index contributed by atoms with van der Waals surface area (Å²) >= 11 is 0.750. The normalized spacial score (nSPS) is 13.8. The number of nitrogens with one attached hydrogen (secondary N) is 2. The monoisotopic (exact) mass is 575 g/mol. The Morgan fingerprint density at radius 2 is 1.56 bits per heavy atom. The van der Waals surface area contributed by atoms with E-state index >= 15 is 0 Å². The maximum atomic E-state index is 13.0. The Morgan fingerprint density at radius 1 is 0.854 bits per heavy atom. The number of nitrogens with zero attached hydrogens (tertiary/aromatic N) is 1. The van der Waals surface area contributed by atoms with Gasteiger partial charge in [0.1, 0.15) is 12.3 Å². The Bertz CT molecular complexity index is 1520. The molecular weight excluding hydrogens is 546 g/mol. The van der Waals surface area contributed by atoms with E-state index in [1.165, 1.54) is 20.3 Å². The molecule has 212 valence electrons. The minimum Gasteiger partial charge on any atom is -0.495 e. The number of carbonyl (C=O) groups excluding carboxylic acids is 4. The smallest absolute Gasteiger partial charge is 0.294 e. The average Bonchev–Trinajstić information content (AvgIpc) is 3.21. The topological polar surface area (TPSA) is 123 Å². The van der Waals surface area contributed by atoms with Crippen molar-refractivity contribution in [3.63, 3.8) is 0 Å². The summed E-state index contributed by atoms with van der Waals surface area (Å²) in [4.78, 5) is 51.7. The molecule has 0 bridgehead atoms. The van der Waals surface area contributed by atoms with Gasteiger partial charge in [-0.25, -0.2) is 0 Å². The Hall–Kier alpha value is -4.77. The van der Waals surface area contributed by atoms with Crippen molar-refractivity contribution in [3.05, 3.63) is 82.3 Å². The van der Waals surface area contributed by atoms with Gasteiger partial charge in [-0.1, -0.05) is 36.4 Å². The van der Waals surface area contributed by atoms with E-state index in [4.69, 9.17) is 14.2 Å². The first-order chi connectivity index (χ1) is 19.7. The van der Waals surface area contributed by atoms with Crippen molar-refractivity contribution in [2.24, 2.45) is 0 Å². The summed E-state index contributed by atoms with van der Waals surface area (Å²) in [5.74, 6) is -0.259. The molecule has 0 radical (unpaired) electrons. The number of carbonyl (C=O) groups is 4. The van der Waals surface area contributed by atoms with Gasteiger partial charge in [-0.15, -0.1) is 0 Å². The second kappa shape index (κ2) is 13.1. The second-order valence-electron chi connectivity index (χ2n) is 9.03. The summed E-state index contributed by atoms with van der Waals surface area (Å²) in [6, 6.07) is 17.5. The maximum absolute atomic E-state index is 13.0. The zero-order valence-corrected chi connectivity index (χ0v) is 23.8. The largest absolute Gasteiger partial charge is 0.495 e. The molecule has 0 aromatic heterocycles. The highest BCUT2D eigenvalue weighted by molar-refractivity contribution is 8.18. The minimum atomic E-state index is -0.566. The zero-order chi connectivity index (χ0) is 29.5. The van der Waals surface area contributed by atoms with Gasteiger partial charge in [0.25, 0.3) is 17.1 Å². The predicted molar refractivity (Wildman–Crippen MR) is 157 cm³/mol. The molecular formula is C30H29N3O7S. The van der Waals surface area contributed by atoms with Crippen LogP contribution in [0.4, 0.5) is 16.2 Å². The van der Waals surface area contributed by atoms with Crippen LogP contribution in [-0.2, 0) is 14.4 Å². The van der Waals surface area contributed by atoms with Crippen LogP contribution >= 0.6 is 11.8 Å². The van der Waals surface area contributed by atoms with Gasteiger partial charge < -0.3 is 24.8 Å². The molecule has 10 nitrogen and oxygen atoms in total. The molecule has 4 amide bonds. The van der Waals surface area contributed by atoms with Crippen molar-refractivity contribution >= 4 is 52.2 Å². The number of rotatable bonds is 10. The highest BCUT2D eigenvalue weighted by Crippen LogP contribution is 2.35. The molecule has 1 fully saturated rings. The lowest BCUT2D eigenvalue weighted by atomic mass is 10.1. The highest BCUT2D eigenvalue weighted by Gasteiger charge is 2.36. The van der Waals surface area contributed by atoms with Gasteiger partial charge in [0.05, 0.1) is 24.8 Å². The number of anilines is 2. The zero-order valence-electron chi connectivity index (χ0n) is 23.0. The molecule has 4 rings (SSSR count). The van der Waals surface area contributed by atoms with Gasteiger partial charge in [0, 0.05) is 5.69 Å². The van der Waals surface area contributed by atoms with Crippen molar-refractivity contribution in [2.75, 3.05) is 38.0 Å². The van der Waals surface area contributed by atoms with E-state index in [0.29, 0.717) is 34.2 Å². The van der Waals surface area contributed by atoms with Crippen molar-refractivity contribution in [3.8, 4) is 17.2 Å². The molecule has 41 heavy (non-hydrogen) atoms. The molecule has 1 aliphatic heterocycles. The third-order valence-corrected chi connectivity index (χ3v) is 7.05. The highest BCUT2D eigenvalue weighted by atomic mass is 32.2. The van der Waals surface area contributed by atoms with Crippen LogP contribution in [0, 0.1) is 13.8 Å². The second-order valence-corrected chi connectivity index (χ2v) is 10.0. The molecule has 0 unspecified atom stereocenters. The fourth-order valence-electron chi connectivity index (χ4n) is 4.09. The van der Waals surface area contributed by atoms with E-state index in [1.54, 1.807) is 42.5 Å². The summed E-state index contributed by atoms with van der Waals surface area (Å²) in [7, 11) is 2.96. The first-order valence-corrected chi connectivity index (χ1v) is 13.4. The van der Waals surface area contributed by atoms with Crippen molar-refractivity contribution in [1.82, 2.24) is 4.90 Å². The lowest BCUT2D eigenvalue weighted by molar-refractivity contribution is -0.127. The van der Waals surface area contributed by atoms with Crippen LogP contribution in [0.15, 0.2) is 65.6 Å². The van der Waals surface area contributed by atoms with E-state index in [0.717, 1.165) is 27.8 Å². The SMILES string of the molecule is COc1ccccc1NC(=O)COc1ccc(/C=C2\SC(=O)N(CC(=O)Nc3c(C)cccc3C)C2=O)cc1OC. The maximum Gasteiger partial charge on any atom is 0.294 e. The van der Waals surface area contributed by atoms with Crippen LogP contribution in [0.25, 0.3) is 6.08 Å². The molecule has 11 heteroatoms. The summed E-state index contributed by atoms with van der Waals surface area (Å²) in [6.45, 7) is 3.06. The standard InChI is InChI=1S/C30H29N3O7S/c1-18-8-7-9-19(2)28(18)32-26(34)16-33-29(36)25(41-30(33)37)15-20-12-13-23(24(14-20)39-4)40-17-27(35)31-21-10-5-6-11-22(21)38-3/h5-15H,16-17H2,1-4H3,(H,31,35)(H,32,34)/b25-15-. The number of benzene rings is 3. The number of hydrogen-bond acceptors (Lipinski definition) is 8. The number of imide groups is 1. The predicted octanol–water partition coefficient (Wildman–Crippen LogP) is 5.01. The number of aryl methyl sites for hydroxylation is 2. The van der Waals surface area contributed by atoms with E-state index in [-0.39, 0.29) is 11.5 Å². The van der Waals surface area contributed by atoms with Gasteiger partial charge in [-0.3, -0.25) is 24.1 Å². The lowest BCUT2D eigenvalue weighted by Crippen LogP contribution is -2.36. The van der Waals surface area contributed by atoms with Gasteiger partial charge in [-0.2, -0.15) is 0 Å². The van der Waals surface area contributed by atoms with E-state index < -0.39 is 29.5 Å². The Morgan fingerprint density at radius 3 is 2.27 bits per heavy atom. The molecule has 1 saturated heterocycles. The van der Waals surface area contributed by atoms with Gasteiger partial charge in [0.15, 0.2) is 18.1 Å². The van der Waals surface area contributed by atoms with Crippen LogP contribution in [0.1, 0.15) is 16.7 Å². The summed E-state index contributed by atoms with van der Waals surface area (Å²) in [6.07, 6.45) is 1.54. The van der Waals surface area contributed by atoms with Gasteiger partial charge in [-0.05, 0) is 72.6 Å². The van der Waals surface area contributed by atoms with Crippen LogP contribution in [0.2, 0.25) is 0 Å². The number of amides is 4. The number of methoxy groups -OCH3 is 2. The van der Waals surface area contributed by atoms with Crippen LogP contribution in [0.3, 0.4) is 0 Å². The molecule has 0 saturated carbocycles. The molecule has 0 spiro atoms. The van der Waals surface area contributed by atoms with Crippen molar-refractivity contribution in [1.29, 1.82) is 0 Å². The third-order valence-electron chi connectivity index (χ3n) is 6.15. The summed E-state index contributed by atoms with van der Waals surface area (Å²) in [5, 5.41) is 4.99. The van der Waals surface area contributed by atoms with Crippen LogP contribution in [-0.4, -0.2) is 55.2 Å². The average molecular weight is 576 g/mol. The van der Waals surface area contributed by atoms with Gasteiger partial charge in [0.2, 0.25) is 5.91 Å². The van der Waals surface area contributed by atoms with Crippen molar-refractivity contribution < 1.29 is 33.4 Å². The first kappa shape index (κ1) is 29.2. The van der Waals surface area contributed by atoms with E-state index in [9.17, 15) is 19.2 Å². The number of para-hydroxylation sites is 3. The Labute approximate surface area is 241 Å². The molecule has 1 aliphatic rings. The van der Waals surface area contributed by atoms with Gasteiger partial charge >= 0.3 is 0 Å². The lowest BCUT2D eigenvalue weighted by Gasteiger charge is -2.15. The molecule has 0 aliphatic carbocycles. The molecule has 3 aromatic rings. The Balaban J connectivity index is 1.39. The Kier molecular flexibility index (Phi) is 9.30. The fraction of sp³-hybridized carbons (Fsp3) is 0.200. The molecule has 1 heterocycles. The van der Waals surface area contributed by atoms with E-state index in [1.807, 2.05) is 32.0 Å². The molecule has 3 aromatic carbocycles. The van der Waals surface area contributed by atoms with E-state index in [2.05, 4.69) is 10.6 Å². The number of thioether (sulfide) groups is 1. The van der Waals surface area contributed by atoms with Crippen LogP contribution < -0.4 is 24.8 Å².